The minimum Gasteiger partial charge on any atom is -0.484 e. The van der Waals surface area contributed by atoms with Gasteiger partial charge in [0.1, 0.15) is 5.75 Å². The second-order valence-electron chi connectivity index (χ2n) is 4.95. The van der Waals surface area contributed by atoms with Crippen LogP contribution in [0.2, 0.25) is 0 Å². The topological polar surface area (TPSA) is 64.3 Å². The summed E-state index contributed by atoms with van der Waals surface area (Å²) in [6.45, 7) is 3.33. The number of benzene rings is 1. The van der Waals surface area contributed by atoms with Crippen molar-refractivity contribution in [1.29, 1.82) is 0 Å². The van der Waals surface area contributed by atoms with E-state index < -0.39 is 23.2 Å². The Morgan fingerprint density at radius 3 is 2.55 bits per heavy atom. The molecule has 0 fully saturated rings. The minimum atomic E-state index is -4.44. The van der Waals surface area contributed by atoms with Crippen molar-refractivity contribution in [3.05, 3.63) is 29.8 Å². The van der Waals surface area contributed by atoms with E-state index in [0.29, 0.717) is 0 Å². The smallest absolute Gasteiger partial charge is 0.416 e. The number of nitrogens with one attached hydrogen (secondary N) is 1. The van der Waals surface area contributed by atoms with Crippen molar-refractivity contribution in [2.45, 2.75) is 25.6 Å². The Morgan fingerprint density at radius 1 is 1.35 bits per heavy atom. The Morgan fingerprint density at radius 2 is 2.00 bits per heavy atom. The highest BCUT2D eigenvalue weighted by atomic mass is 19.4. The molecule has 1 aromatic rings. The first-order valence-corrected chi connectivity index (χ1v) is 5.95. The Balaban J connectivity index is 2.60. The van der Waals surface area contributed by atoms with E-state index in [4.69, 9.17) is 10.5 Å². The maximum atomic E-state index is 12.5. The molecule has 4 nitrogen and oxygen atoms in total. The largest absolute Gasteiger partial charge is 0.484 e. The van der Waals surface area contributed by atoms with Crippen LogP contribution in [0.1, 0.15) is 19.4 Å². The van der Waals surface area contributed by atoms with E-state index in [0.717, 1.165) is 12.1 Å². The Bertz CT molecular complexity index is 473. The summed E-state index contributed by atoms with van der Waals surface area (Å²) < 4.78 is 42.5. The first-order valence-electron chi connectivity index (χ1n) is 5.95. The molecule has 0 aliphatic heterocycles. The fraction of sp³-hybridized carbons (Fsp3) is 0.462. The van der Waals surface area contributed by atoms with Gasteiger partial charge in [-0.2, -0.15) is 13.2 Å². The van der Waals surface area contributed by atoms with Crippen molar-refractivity contribution in [2.24, 2.45) is 5.73 Å². The fourth-order valence-corrected chi connectivity index (χ4v) is 1.38. The quantitative estimate of drug-likeness (QED) is 0.871. The Kier molecular flexibility index (Phi) is 4.99. The van der Waals surface area contributed by atoms with E-state index in [1.54, 1.807) is 13.8 Å². The highest BCUT2D eigenvalue weighted by Gasteiger charge is 2.30. The van der Waals surface area contributed by atoms with Crippen LogP contribution in [-0.2, 0) is 11.0 Å². The summed E-state index contributed by atoms with van der Waals surface area (Å²) in [7, 11) is 0. The molecule has 0 saturated heterocycles. The summed E-state index contributed by atoms with van der Waals surface area (Å²) in [5.41, 5.74) is 4.04. The van der Waals surface area contributed by atoms with Gasteiger partial charge in [-0.3, -0.25) is 4.79 Å². The zero-order valence-electron chi connectivity index (χ0n) is 11.3. The van der Waals surface area contributed by atoms with Crippen LogP contribution >= 0.6 is 0 Å². The van der Waals surface area contributed by atoms with Crippen LogP contribution in [0.3, 0.4) is 0 Å². The van der Waals surface area contributed by atoms with Gasteiger partial charge in [-0.15, -0.1) is 0 Å². The molecule has 0 bridgehead atoms. The van der Waals surface area contributed by atoms with Gasteiger partial charge in [0.2, 0.25) is 0 Å². The van der Waals surface area contributed by atoms with Crippen LogP contribution in [0.25, 0.3) is 0 Å². The molecule has 0 aromatic heterocycles. The molecule has 0 unspecified atom stereocenters. The number of nitrogens with two attached hydrogens (primary N) is 1. The molecule has 0 saturated carbocycles. The average molecular weight is 290 g/mol. The van der Waals surface area contributed by atoms with Gasteiger partial charge in [-0.1, -0.05) is 6.07 Å². The number of alkyl halides is 3. The Labute approximate surface area is 115 Å². The molecular weight excluding hydrogens is 273 g/mol. The summed E-state index contributed by atoms with van der Waals surface area (Å²) in [6.07, 6.45) is -4.44. The monoisotopic (exact) mass is 290 g/mol. The van der Waals surface area contributed by atoms with E-state index in [-0.39, 0.29) is 18.9 Å². The number of rotatable bonds is 5. The second-order valence-corrected chi connectivity index (χ2v) is 4.95. The molecule has 7 heteroatoms. The molecule has 0 heterocycles. The molecule has 0 aliphatic carbocycles. The summed E-state index contributed by atoms with van der Waals surface area (Å²) in [6, 6.07) is 4.36. The predicted octanol–water partition coefficient (Wildman–Crippen LogP) is 1.94. The summed E-state index contributed by atoms with van der Waals surface area (Å²) in [5, 5.41) is 2.61. The normalized spacial score (nSPS) is 12.1. The van der Waals surface area contributed by atoms with Crippen molar-refractivity contribution in [2.75, 3.05) is 13.2 Å². The number of amides is 1. The van der Waals surface area contributed by atoms with Gasteiger partial charge in [0.25, 0.3) is 5.91 Å². The molecule has 1 aromatic carbocycles. The zero-order chi connectivity index (χ0) is 15.4. The van der Waals surface area contributed by atoms with Crippen molar-refractivity contribution in [1.82, 2.24) is 5.32 Å². The van der Waals surface area contributed by atoms with E-state index in [9.17, 15) is 18.0 Å². The lowest BCUT2D eigenvalue weighted by atomic mass is 10.1. The number of carbonyl (C=O) groups is 1. The van der Waals surface area contributed by atoms with E-state index in [1.807, 2.05) is 0 Å². The molecule has 3 N–H and O–H groups in total. The van der Waals surface area contributed by atoms with Crippen LogP contribution in [0.5, 0.6) is 5.75 Å². The van der Waals surface area contributed by atoms with E-state index in [1.165, 1.54) is 12.1 Å². The molecule has 20 heavy (non-hydrogen) atoms. The molecule has 0 spiro atoms. The molecule has 0 radical (unpaired) electrons. The summed E-state index contributed by atoms with van der Waals surface area (Å²) >= 11 is 0. The van der Waals surface area contributed by atoms with Crippen molar-refractivity contribution >= 4 is 5.91 Å². The summed E-state index contributed by atoms with van der Waals surface area (Å²) in [5.74, 6) is -0.460. The van der Waals surface area contributed by atoms with Crippen molar-refractivity contribution in [3.63, 3.8) is 0 Å². The predicted molar refractivity (Wildman–Crippen MR) is 68.2 cm³/mol. The minimum absolute atomic E-state index is 0.0134. The lowest BCUT2D eigenvalue weighted by molar-refractivity contribution is -0.137. The first kappa shape index (κ1) is 16.3. The number of hydrogen-bond donors (Lipinski definition) is 2. The molecular formula is C13H17F3N2O2. The van der Waals surface area contributed by atoms with Crippen LogP contribution in [0.15, 0.2) is 24.3 Å². The van der Waals surface area contributed by atoms with Gasteiger partial charge in [0, 0.05) is 12.1 Å². The number of carbonyl (C=O) groups excluding carboxylic acids is 1. The number of ether oxygens (including phenoxy) is 1. The maximum absolute atomic E-state index is 12.5. The molecule has 0 atom stereocenters. The average Bonchev–Trinajstić information content (AvgIpc) is 2.35. The van der Waals surface area contributed by atoms with Gasteiger partial charge in [0.15, 0.2) is 6.61 Å². The van der Waals surface area contributed by atoms with Crippen LogP contribution in [0.4, 0.5) is 13.2 Å². The van der Waals surface area contributed by atoms with Crippen molar-refractivity contribution < 1.29 is 22.7 Å². The van der Waals surface area contributed by atoms with E-state index in [2.05, 4.69) is 5.32 Å². The van der Waals surface area contributed by atoms with Gasteiger partial charge < -0.3 is 15.8 Å². The van der Waals surface area contributed by atoms with Crippen LogP contribution in [0, 0.1) is 0 Å². The maximum Gasteiger partial charge on any atom is 0.416 e. The molecule has 0 aliphatic rings. The van der Waals surface area contributed by atoms with Crippen LogP contribution < -0.4 is 15.8 Å². The van der Waals surface area contributed by atoms with Gasteiger partial charge in [-0.05, 0) is 32.0 Å². The third-order valence-electron chi connectivity index (χ3n) is 2.52. The molecule has 1 amide bonds. The second kappa shape index (κ2) is 6.13. The first-order chi connectivity index (χ1) is 9.14. The number of halogens is 3. The van der Waals surface area contributed by atoms with Crippen molar-refractivity contribution in [3.8, 4) is 5.75 Å². The SMILES string of the molecule is CC(C)(CN)NC(=O)COc1cccc(C(F)(F)F)c1. The fourth-order valence-electron chi connectivity index (χ4n) is 1.38. The lowest BCUT2D eigenvalue weighted by Gasteiger charge is -2.24. The van der Waals surface area contributed by atoms with Gasteiger partial charge in [0.05, 0.1) is 5.56 Å². The lowest BCUT2D eigenvalue weighted by Crippen LogP contribution is -2.50. The summed E-state index contributed by atoms with van der Waals surface area (Å²) in [4.78, 5) is 11.6. The Hall–Kier alpha value is -1.76. The molecule has 1 rings (SSSR count). The number of hydrogen-bond acceptors (Lipinski definition) is 3. The van der Waals surface area contributed by atoms with Gasteiger partial charge in [-0.25, -0.2) is 0 Å². The van der Waals surface area contributed by atoms with E-state index >= 15 is 0 Å². The third kappa shape index (κ3) is 5.08. The molecule has 112 valence electrons. The third-order valence-corrected chi connectivity index (χ3v) is 2.52. The highest BCUT2D eigenvalue weighted by molar-refractivity contribution is 5.78. The van der Waals surface area contributed by atoms with Crippen LogP contribution in [-0.4, -0.2) is 24.6 Å². The van der Waals surface area contributed by atoms with Gasteiger partial charge >= 0.3 is 6.18 Å². The zero-order valence-corrected chi connectivity index (χ0v) is 11.3. The standard InChI is InChI=1S/C13H17F3N2O2/c1-12(2,8-17)18-11(19)7-20-10-5-3-4-9(6-10)13(14,15)16/h3-6H,7-8,17H2,1-2H3,(H,18,19). The highest BCUT2D eigenvalue weighted by Crippen LogP contribution is 2.31.